The third-order valence-electron chi connectivity index (χ3n) is 5.20. The van der Waals surface area contributed by atoms with E-state index in [-0.39, 0.29) is 10.8 Å². The molecule has 1 amide bonds. The van der Waals surface area contributed by atoms with Crippen molar-refractivity contribution < 1.29 is 17.9 Å². The van der Waals surface area contributed by atoms with Crippen LogP contribution in [0.4, 0.5) is 0 Å². The number of piperidine rings is 1. The molecular weight excluding hydrogens is 352 g/mol. The molecule has 0 aliphatic carbocycles. The number of carbonyl (C=O) groups is 1. The van der Waals surface area contributed by atoms with Crippen LogP contribution in [0.25, 0.3) is 0 Å². The number of ether oxygens (including phenoxy) is 1. The smallest absolute Gasteiger partial charge is 0.254 e. The van der Waals surface area contributed by atoms with Gasteiger partial charge >= 0.3 is 0 Å². The Kier molecular flexibility index (Phi) is 5.69. The monoisotopic (exact) mass is 380 g/mol. The van der Waals surface area contributed by atoms with Crippen molar-refractivity contribution in [3.8, 4) is 0 Å². The zero-order chi connectivity index (χ0) is 18.9. The number of nitrogens with zero attached hydrogens (tertiary/aromatic N) is 2. The average Bonchev–Trinajstić information content (AvgIpc) is 2.61. The summed E-state index contributed by atoms with van der Waals surface area (Å²) in [4.78, 5) is 15.1. The third-order valence-corrected chi connectivity index (χ3v) is 7.10. The number of benzene rings is 1. The van der Waals surface area contributed by atoms with Crippen LogP contribution in [-0.4, -0.2) is 62.9 Å². The Morgan fingerprint density at radius 3 is 2.35 bits per heavy atom. The number of hydrogen-bond donors (Lipinski definition) is 0. The lowest BCUT2D eigenvalue weighted by atomic mass is 9.91. The fraction of sp³-hybridized carbons (Fsp3) is 0.632. The maximum Gasteiger partial charge on any atom is 0.254 e. The third kappa shape index (κ3) is 3.94. The Morgan fingerprint density at radius 2 is 1.73 bits per heavy atom. The number of carbonyl (C=O) groups excluding carboxylic acids is 1. The summed E-state index contributed by atoms with van der Waals surface area (Å²) < 4.78 is 32.5. The van der Waals surface area contributed by atoms with Gasteiger partial charge in [-0.15, -0.1) is 0 Å². The van der Waals surface area contributed by atoms with Gasteiger partial charge in [-0.05, 0) is 42.9 Å². The zero-order valence-corrected chi connectivity index (χ0v) is 16.6. The average molecular weight is 381 g/mol. The van der Waals surface area contributed by atoms with Crippen molar-refractivity contribution in [3.05, 3.63) is 29.3 Å². The number of sulfonamides is 1. The Morgan fingerprint density at radius 1 is 1.12 bits per heavy atom. The fourth-order valence-corrected chi connectivity index (χ4v) is 5.36. The van der Waals surface area contributed by atoms with Gasteiger partial charge < -0.3 is 9.64 Å². The van der Waals surface area contributed by atoms with Gasteiger partial charge in [-0.2, -0.15) is 4.31 Å². The van der Waals surface area contributed by atoms with E-state index in [2.05, 4.69) is 13.8 Å². The van der Waals surface area contributed by atoms with E-state index in [0.29, 0.717) is 43.7 Å². The first-order valence-corrected chi connectivity index (χ1v) is 10.7. The molecule has 6 nitrogen and oxygen atoms in total. The number of amides is 1. The Hall–Kier alpha value is -1.44. The molecule has 0 N–H and O–H groups in total. The number of likely N-dealkylation sites (tertiary alicyclic amines) is 1. The molecule has 2 aliphatic heterocycles. The molecule has 0 saturated carbocycles. The molecule has 0 radical (unpaired) electrons. The van der Waals surface area contributed by atoms with E-state index in [1.54, 1.807) is 18.2 Å². The van der Waals surface area contributed by atoms with Crippen LogP contribution in [0.15, 0.2) is 23.1 Å². The highest BCUT2D eigenvalue weighted by Gasteiger charge is 2.30. The van der Waals surface area contributed by atoms with Crippen LogP contribution >= 0.6 is 0 Å². The van der Waals surface area contributed by atoms with Gasteiger partial charge in [0.05, 0.1) is 18.1 Å². The number of rotatable bonds is 3. The normalized spacial score (nSPS) is 25.3. The standard InChI is InChI=1S/C19H28N2O4S/c1-14-10-15(2)13-20(12-14)19(22)18-11-17(5-4-16(18)3)26(23,24)21-6-8-25-9-7-21/h4-5,11,14-15H,6-10,12-13H2,1-3H3/t14-,15+. The molecule has 0 bridgehead atoms. The van der Waals surface area contributed by atoms with Crippen LogP contribution in [0.5, 0.6) is 0 Å². The summed E-state index contributed by atoms with van der Waals surface area (Å²) in [5.74, 6) is 0.853. The molecule has 144 valence electrons. The molecule has 7 heteroatoms. The van der Waals surface area contributed by atoms with Gasteiger partial charge in [-0.1, -0.05) is 19.9 Å². The molecule has 0 aromatic heterocycles. The maximum atomic E-state index is 13.1. The van der Waals surface area contributed by atoms with Crippen LogP contribution in [0, 0.1) is 18.8 Å². The second-order valence-electron chi connectivity index (χ2n) is 7.65. The Balaban J connectivity index is 1.89. The van der Waals surface area contributed by atoms with Crippen LogP contribution in [-0.2, 0) is 14.8 Å². The van der Waals surface area contributed by atoms with Gasteiger partial charge in [0.2, 0.25) is 10.0 Å². The maximum absolute atomic E-state index is 13.1. The lowest BCUT2D eigenvalue weighted by molar-refractivity contribution is 0.0622. The fourth-order valence-electron chi connectivity index (χ4n) is 3.93. The predicted molar refractivity (Wildman–Crippen MR) is 99.6 cm³/mol. The molecule has 3 rings (SSSR count). The number of hydrogen-bond acceptors (Lipinski definition) is 4. The minimum Gasteiger partial charge on any atom is -0.379 e. The van der Waals surface area contributed by atoms with Gasteiger partial charge in [0.15, 0.2) is 0 Å². The predicted octanol–water partition coefficient (Wildman–Crippen LogP) is 2.13. The molecule has 0 unspecified atom stereocenters. The lowest BCUT2D eigenvalue weighted by Gasteiger charge is -2.35. The summed E-state index contributed by atoms with van der Waals surface area (Å²) in [5, 5.41) is 0. The van der Waals surface area contributed by atoms with Crippen LogP contribution in [0.1, 0.15) is 36.2 Å². The molecule has 2 aliphatic rings. The molecule has 2 atom stereocenters. The summed E-state index contributed by atoms with van der Waals surface area (Å²) in [6.45, 7) is 9.12. The number of morpholine rings is 1. The van der Waals surface area contributed by atoms with E-state index in [9.17, 15) is 13.2 Å². The molecule has 2 fully saturated rings. The van der Waals surface area contributed by atoms with E-state index >= 15 is 0 Å². The van der Waals surface area contributed by atoms with Crippen LogP contribution < -0.4 is 0 Å². The molecule has 2 saturated heterocycles. The lowest BCUT2D eigenvalue weighted by Crippen LogP contribution is -2.43. The first kappa shape index (κ1) is 19.3. The molecule has 26 heavy (non-hydrogen) atoms. The van der Waals surface area contributed by atoms with E-state index in [0.717, 1.165) is 25.1 Å². The zero-order valence-electron chi connectivity index (χ0n) is 15.8. The summed E-state index contributed by atoms with van der Waals surface area (Å²) in [6, 6.07) is 4.88. The van der Waals surface area contributed by atoms with E-state index < -0.39 is 10.0 Å². The second-order valence-corrected chi connectivity index (χ2v) is 9.59. The van der Waals surface area contributed by atoms with Crippen LogP contribution in [0.3, 0.4) is 0 Å². The highest BCUT2D eigenvalue weighted by atomic mass is 32.2. The summed E-state index contributed by atoms with van der Waals surface area (Å²) >= 11 is 0. The second kappa shape index (κ2) is 7.66. The molecule has 0 spiro atoms. The van der Waals surface area contributed by atoms with Gasteiger partial charge in [0.1, 0.15) is 0 Å². The molecule has 1 aromatic rings. The highest BCUT2D eigenvalue weighted by Crippen LogP contribution is 2.25. The SMILES string of the molecule is Cc1ccc(S(=O)(=O)N2CCOCC2)cc1C(=O)N1C[C@H](C)C[C@H](C)C1. The molecular formula is C19H28N2O4S. The topological polar surface area (TPSA) is 66.9 Å². The molecule has 2 heterocycles. The van der Waals surface area contributed by atoms with Crippen molar-refractivity contribution in [1.82, 2.24) is 9.21 Å². The quantitative estimate of drug-likeness (QED) is 0.806. The van der Waals surface area contributed by atoms with Crippen molar-refractivity contribution >= 4 is 15.9 Å². The minimum atomic E-state index is -3.60. The Bertz CT molecular complexity index is 762. The van der Waals surface area contributed by atoms with Gasteiger partial charge in [-0.3, -0.25) is 4.79 Å². The highest BCUT2D eigenvalue weighted by molar-refractivity contribution is 7.89. The largest absolute Gasteiger partial charge is 0.379 e. The first-order chi connectivity index (χ1) is 12.3. The van der Waals surface area contributed by atoms with E-state index in [4.69, 9.17) is 4.74 Å². The van der Waals surface area contributed by atoms with Crippen LogP contribution in [0.2, 0.25) is 0 Å². The molecule has 1 aromatic carbocycles. The van der Waals surface area contributed by atoms with Crippen molar-refractivity contribution in [2.45, 2.75) is 32.1 Å². The van der Waals surface area contributed by atoms with Gasteiger partial charge in [0, 0.05) is 31.7 Å². The van der Waals surface area contributed by atoms with Crippen molar-refractivity contribution in [3.63, 3.8) is 0 Å². The van der Waals surface area contributed by atoms with Crippen molar-refractivity contribution in [1.29, 1.82) is 0 Å². The summed E-state index contributed by atoms with van der Waals surface area (Å²) in [7, 11) is -3.60. The number of aryl methyl sites for hydroxylation is 1. The van der Waals surface area contributed by atoms with E-state index in [1.165, 1.54) is 4.31 Å². The Labute approximate surface area is 156 Å². The van der Waals surface area contributed by atoms with E-state index in [1.807, 2.05) is 11.8 Å². The van der Waals surface area contributed by atoms with Crippen molar-refractivity contribution in [2.75, 3.05) is 39.4 Å². The van der Waals surface area contributed by atoms with Gasteiger partial charge in [-0.25, -0.2) is 8.42 Å². The van der Waals surface area contributed by atoms with Gasteiger partial charge in [0.25, 0.3) is 5.91 Å². The summed E-state index contributed by atoms with van der Waals surface area (Å²) in [5.41, 5.74) is 1.29. The van der Waals surface area contributed by atoms with Crippen molar-refractivity contribution in [2.24, 2.45) is 11.8 Å². The summed E-state index contributed by atoms with van der Waals surface area (Å²) in [6.07, 6.45) is 1.12. The first-order valence-electron chi connectivity index (χ1n) is 9.27. The minimum absolute atomic E-state index is 0.0695.